The summed E-state index contributed by atoms with van der Waals surface area (Å²) in [5.74, 6) is 1.70. The summed E-state index contributed by atoms with van der Waals surface area (Å²) >= 11 is 0. The van der Waals surface area contributed by atoms with Crippen LogP contribution >= 0.6 is 0 Å². The van der Waals surface area contributed by atoms with Crippen LogP contribution in [0, 0.1) is 5.92 Å². The number of nitrogens with zero attached hydrogens (tertiary/aromatic N) is 1. The van der Waals surface area contributed by atoms with Crippen LogP contribution in [0.5, 0.6) is 5.75 Å². The van der Waals surface area contributed by atoms with Crippen molar-refractivity contribution in [2.75, 3.05) is 27.2 Å². The van der Waals surface area contributed by atoms with Crippen LogP contribution < -0.4 is 4.74 Å². The van der Waals surface area contributed by atoms with Crippen molar-refractivity contribution in [1.29, 1.82) is 0 Å². The third-order valence-corrected chi connectivity index (χ3v) is 4.03. The second-order valence-electron chi connectivity index (χ2n) is 6.10. The number of likely N-dealkylation sites (tertiary alicyclic amines) is 1. The van der Waals surface area contributed by atoms with Gasteiger partial charge < -0.3 is 9.64 Å². The highest BCUT2D eigenvalue weighted by molar-refractivity contribution is 5.35. The molecule has 18 heavy (non-hydrogen) atoms. The highest BCUT2D eigenvalue weighted by Gasteiger charge is 2.38. The molecule has 0 spiro atoms. The summed E-state index contributed by atoms with van der Waals surface area (Å²) < 4.78 is 5.38. The van der Waals surface area contributed by atoms with Crippen molar-refractivity contribution < 1.29 is 4.74 Å². The molecule has 0 bridgehead atoms. The minimum absolute atomic E-state index is 0.317. The van der Waals surface area contributed by atoms with E-state index in [9.17, 15) is 0 Å². The SMILES string of the molecule is COc1cccc([C@@]2(CC(C)C)CCN(C)C2)c1. The lowest BCUT2D eigenvalue weighted by atomic mass is 9.73. The van der Waals surface area contributed by atoms with Gasteiger partial charge in [0.1, 0.15) is 5.75 Å². The van der Waals surface area contributed by atoms with Gasteiger partial charge in [-0.15, -0.1) is 0 Å². The second kappa shape index (κ2) is 5.31. The summed E-state index contributed by atoms with van der Waals surface area (Å²) in [6.07, 6.45) is 2.51. The van der Waals surface area contributed by atoms with Gasteiger partial charge in [0.25, 0.3) is 0 Å². The first-order valence-corrected chi connectivity index (χ1v) is 6.89. The lowest BCUT2D eigenvalue weighted by Gasteiger charge is -2.32. The Morgan fingerprint density at radius 2 is 2.17 bits per heavy atom. The van der Waals surface area contributed by atoms with Crippen LogP contribution in [0.4, 0.5) is 0 Å². The van der Waals surface area contributed by atoms with Crippen molar-refractivity contribution >= 4 is 0 Å². The molecular formula is C16H25NO. The molecule has 1 aromatic rings. The molecule has 1 heterocycles. The van der Waals surface area contributed by atoms with Crippen LogP contribution in [0.25, 0.3) is 0 Å². The number of hydrogen-bond acceptors (Lipinski definition) is 2. The fourth-order valence-electron chi connectivity index (χ4n) is 3.33. The summed E-state index contributed by atoms with van der Waals surface area (Å²) in [7, 11) is 3.97. The maximum absolute atomic E-state index is 5.38. The monoisotopic (exact) mass is 247 g/mol. The number of likely N-dealkylation sites (N-methyl/N-ethyl adjacent to an activating group) is 1. The summed E-state index contributed by atoms with van der Waals surface area (Å²) in [6, 6.07) is 8.64. The van der Waals surface area contributed by atoms with Gasteiger partial charge >= 0.3 is 0 Å². The molecule has 0 amide bonds. The van der Waals surface area contributed by atoms with E-state index >= 15 is 0 Å². The molecule has 0 saturated carbocycles. The second-order valence-corrected chi connectivity index (χ2v) is 6.10. The smallest absolute Gasteiger partial charge is 0.119 e. The van der Waals surface area contributed by atoms with E-state index in [2.05, 4.69) is 44.0 Å². The van der Waals surface area contributed by atoms with E-state index in [0.29, 0.717) is 5.41 Å². The lowest BCUT2D eigenvalue weighted by Crippen LogP contribution is -2.31. The van der Waals surface area contributed by atoms with E-state index in [0.717, 1.165) is 11.7 Å². The van der Waals surface area contributed by atoms with E-state index in [1.54, 1.807) is 7.11 Å². The molecule has 0 N–H and O–H groups in total. The Labute approximate surface area is 111 Å². The molecule has 1 aliphatic rings. The van der Waals surface area contributed by atoms with Gasteiger partial charge in [-0.05, 0) is 50.0 Å². The molecule has 1 aromatic carbocycles. The molecule has 2 heteroatoms. The minimum Gasteiger partial charge on any atom is -0.497 e. The number of ether oxygens (including phenoxy) is 1. The van der Waals surface area contributed by atoms with Gasteiger partial charge in [0, 0.05) is 12.0 Å². The topological polar surface area (TPSA) is 12.5 Å². The van der Waals surface area contributed by atoms with Crippen molar-refractivity contribution in [3.8, 4) is 5.75 Å². The highest BCUT2D eigenvalue weighted by atomic mass is 16.5. The average molecular weight is 247 g/mol. The van der Waals surface area contributed by atoms with Crippen LogP contribution in [0.15, 0.2) is 24.3 Å². The minimum atomic E-state index is 0.317. The average Bonchev–Trinajstić information content (AvgIpc) is 2.71. The van der Waals surface area contributed by atoms with E-state index in [1.165, 1.54) is 31.5 Å². The van der Waals surface area contributed by atoms with E-state index < -0.39 is 0 Å². The summed E-state index contributed by atoms with van der Waals surface area (Å²) in [5, 5.41) is 0. The van der Waals surface area contributed by atoms with E-state index in [1.807, 2.05) is 6.07 Å². The van der Waals surface area contributed by atoms with Crippen LogP contribution in [-0.4, -0.2) is 32.1 Å². The molecule has 1 fully saturated rings. The summed E-state index contributed by atoms with van der Waals surface area (Å²) in [4.78, 5) is 2.45. The van der Waals surface area contributed by atoms with Crippen LogP contribution in [0.3, 0.4) is 0 Å². The van der Waals surface area contributed by atoms with Gasteiger partial charge in [-0.1, -0.05) is 26.0 Å². The van der Waals surface area contributed by atoms with Gasteiger partial charge in [0.2, 0.25) is 0 Å². The standard InChI is InChI=1S/C16H25NO/c1-13(2)11-16(8-9-17(3)12-16)14-6-5-7-15(10-14)18-4/h5-7,10,13H,8-9,11-12H2,1-4H3/t16-/m1/s1. The van der Waals surface area contributed by atoms with E-state index in [-0.39, 0.29) is 0 Å². The molecule has 2 rings (SSSR count). The molecule has 2 nitrogen and oxygen atoms in total. The first kappa shape index (κ1) is 13.4. The molecule has 100 valence electrons. The Bertz CT molecular complexity index is 402. The van der Waals surface area contributed by atoms with Crippen molar-refractivity contribution in [1.82, 2.24) is 4.90 Å². The largest absolute Gasteiger partial charge is 0.497 e. The third kappa shape index (κ3) is 2.69. The van der Waals surface area contributed by atoms with Crippen LogP contribution in [0.2, 0.25) is 0 Å². The molecule has 1 saturated heterocycles. The van der Waals surface area contributed by atoms with Crippen molar-refractivity contribution in [2.45, 2.75) is 32.1 Å². The summed E-state index contributed by atoms with van der Waals surface area (Å²) in [6.45, 7) is 7.00. The Balaban J connectivity index is 2.33. The predicted octanol–water partition coefficient (Wildman–Crippen LogP) is 3.31. The molecule has 0 aliphatic carbocycles. The number of rotatable bonds is 4. The van der Waals surface area contributed by atoms with Crippen molar-refractivity contribution in [3.63, 3.8) is 0 Å². The zero-order valence-corrected chi connectivity index (χ0v) is 12.1. The highest BCUT2D eigenvalue weighted by Crippen LogP contribution is 2.40. The van der Waals surface area contributed by atoms with Crippen LogP contribution in [-0.2, 0) is 5.41 Å². The zero-order chi connectivity index (χ0) is 13.2. The Kier molecular flexibility index (Phi) is 3.96. The van der Waals surface area contributed by atoms with Gasteiger partial charge in [0.15, 0.2) is 0 Å². The quantitative estimate of drug-likeness (QED) is 0.809. The third-order valence-electron chi connectivity index (χ3n) is 4.03. The molecule has 0 radical (unpaired) electrons. The maximum atomic E-state index is 5.38. The molecular weight excluding hydrogens is 222 g/mol. The first-order valence-electron chi connectivity index (χ1n) is 6.89. The van der Waals surface area contributed by atoms with E-state index in [4.69, 9.17) is 4.74 Å². The fraction of sp³-hybridized carbons (Fsp3) is 0.625. The Morgan fingerprint density at radius 3 is 2.72 bits per heavy atom. The maximum Gasteiger partial charge on any atom is 0.119 e. The first-order chi connectivity index (χ1) is 8.55. The number of benzene rings is 1. The molecule has 1 atom stereocenters. The van der Waals surface area contributed by atoms with Gasteiger partial charge in [0.05, 0.1) is 7.11 Å². The zero-order valence-electron chi connectivity index (χ0n) is 12.1. The molecule has 1 aliphatic heterocycles. The number of methoxy groups -OCH3 is 1. The Hall–Kier alpha value is -1.02. The molecule has 0 unspecified atom stereocenters. The summed E-state index contributed by atoms with van der Waals surface area (Å²) in [5.41, 5.74) is 1.76. The predicted molar refractivity (Wildman–Crippen MR) is 76.2 cm³/mol. The van der Waals surface area contributed by atoms with Crippen molar-refractivity contribution in [2.24, 2.45) is 5.92 Å². The lowest BCUT2D eigenvalue weighted by molar-refractivity contribution is 0.320. The van der Waals surface area contributed by atoms with Gasteiger partial charge in [-0.3, -0.25) is 0 Å². The molecule has 0 aromatic heterocycles. The number of hydrogen-bond donors (Lipinski definition) is 0. The van der Waals surface area contributed by atoms with Crippen LogP contribution in [0.1, 0.15) is 32.3 Å². The normalized spacial score (nSPS) is 24.7. The van der Waals surface area contributed by atoms with Crippen molar-refractivity contribution in [3.05, 3.63) is 29.8 Å². The van der Waals surface area contributed by atoms with Gasteiger partial charge in [-0.25, -0.2) is 0 Å². The Morgan fingerprint density at radius 1 is 1.39 bits per heavy atom. The van der Waals surface area contributed by atoms with Gasteiger partial charge in [-0.2, -0.15) is 0 Å². The fourth-order valence-corrected chi connectivity index (χ4v) is 3.33.